The van der Waals surface area contributed by atoms with Crippen molar-refractivity contribution >= 4 is 33.3 Å². The van der Waals surface area contributed by atoms with Crippen LogP contribution in [0.3, 0.4) is 0 Å². The molecule has 1 fully saturated rings. The Labute approximate surface area is 191 Å². The van der Waals surface area contributed by atoms with Crippen LogP contribution in [0.4, 0.5) is 17.3 Å². The van der Waals surface area contributed by atoms with Gasteiger partial charge in [-0.25, -0.2) is 18.4 Å². The maximum Gasteiger partial charge on any atom is 0.243 e. The van der Waals surface area contributed by atoms with Gasteiger partial charge in [0.2, 0.25) is 21.9 Å². The highest BCUT2D eigenvalue weighted by atomic mass is 32.2. The minimum atomic E-state index is -3.55. The Morgan fingerprint density at radius 2 is 1.85 bits per heavy atom. The molecule has 0 radical (unpaired) electrons. The zero-order valence-electron chi connectivity index (χ0n) is 18.0. The molecule has 5 rings (SSSR count). The van der Waals surface area contributed by atoms with Crippen molar-refractivity contribution < 1.29 is 17.9 Å². The fourth-order valence-corrected chi connectivity index (χ4v) is 5.35. The molecule has 0 aliphatic carbocycles. The number of rotatable bonds is 4. The lowest BCUT2D eigenvalue weighted by atomic mass is 10.0. The van der Waals surface area contributed by atoms with Gasteiger partial charge in [0.15, 0.2) is 0 Å². The third-order valence-electron chi connectivity index (χ3n) is 5.64. The van der Waals surface area contributed by atoms with Crippen LogP contribution >= 0.6 is 0 Å². The van der Waals surface area contributed by atoms with Gasteiger partial charge in [-0.3, -0.25) is 4.79 Å². The first-order valence-electron chi connectivity index (χ1n) is 10.6. The summed E-state index contributed by atoms with van der Waals surface area (Å²) in [7, 11) is -3.55. The third-order valence-corrected chi connectivity index (χ3v) is 7.55. The van der Waals surface area contributed by atoms with E-state index in [1.165, 1.54) is 4.31 Å². The molecule has 1 aromatic heterocycles. The summed E-state index contributed by atoms with van der Waals surface area (Å²) in [4.78, 5) is 21.5. The lowest BCUT2D eigenvalue weighted by Gasteiger charge is -2.26. The number of aromatic nitrogens is 2. The second kappa shape index (κ2) is 8.54. The molecule has 3 heterocycles. The molecule has 0 atom stereocenters. The van der Waals surface area contributed by atoms with E-state index in [1.54, 1.807) is 30.5 Å². The lowest BCUT2D eigenvalue weighted by molar-refractivity contribution is -0.115. The number of morpholine rings is 1. The minimum absolute atomic E-state index is 0.109. The van der Waals surface area contributed by atoms with Crippen molar-refractivity contribution in [1.82, 2.24) is 14.3 Å². The maximum absolute atomic E-state index is 12.8. The first kappa shape index (κ1) is 21.5. The van der Waals surface area contributed by atoms with E-state index < -0.39 is 10.0 Å². The van der Waals surface area contributed by atoms with Gasteiger partial charge in [0.05, 0.1) is 35.9 Å². The summed E-state index contributed by atoms with van der Waals surface area (Å²) in [5, 5.41) is 6.06. The monoisotopic (exact) mass is 465 g/mol. The molecule has 9 nitrogen and oxygen atoms in total. The predicted octanol–water partition coefficient (Wildman–Crippen LogP) is 2.71. The summed E-state index contributed by atoms with van der Waals surface area (Å²) in [5.74, 6) is 0.250. The number of benzene rings is 2. The molecule has 1 amide bonds. The molecule has 1 saturated heterocycles. The van der Waals surface area contributed by atoms with Crippen molar-refractivity contribution in [3.05, 3.63) is 59.8 Å². The van der Waals surface area contributed by atoms with Crippen LogP contribution in [0.5, 0.6) is 0 Å². The van der Waals surface area contributed by atoms with E-state index in [0.29, 0.717) is 43.6 Å². The summed E-state index contributed by atoms with van der Waals surface area (Å²) < 4.78 is 32.3. The van der Waals surface area contributed by atoms with Crippen LogP contribution in [0.15, 0.2) is 53.6 Å². The lowest BCUT2D eigenvalue weighted by Crippen LogP contribution is -2.40. The van der Waals surface area contributed by atoms with Crippen LogP contribution in [-0.4, -0.2) is 54.9 Å². The fourth-order valence-electron chi connectivity index (χ4n) is 3.94. The molecular formula is C23H23N5O4S. The summed E-state index contributed by atoms with van der Waals surface area (Å²) in [6.45, 7) is 3.47. The van der Waals surface area contributed by atoms with Crippen LogP contribution in [0.25, 0.3) is 11.3 Å². The number of ether oxygens (including phenoxy) is 1. The Kier molecular flexibility index (Phi) is 5.57. The van der Waals surface area contributed by atoms with E-state index in [1.807, 2.05) is 25.1 Å². The molecule has 3 aromatic rings. The van der Waals surface area contributed by atoms with Crippen molar-refractivity contribution in [3.8, 4) is 11.3 Å². The van der Waals surface area contributed by atoms with Gasteiger partial charge in [0, 0.05) is 36.1 Å². The highest BCUT2D eigenvalue weighted by molar-refractivity contribution is 7.89. The Balaban J connectivity index is 1.41. The molecule has 2 aliphatic rings. The van der Waals surface area contributed by atoms with Crippen molar-refractivity contribution in [1.29, 1.82) is 0 Å². The molecule has 0 unspecified atom stereocenters. The van der Waals surface area contributed by atoms with Crippen molar-refractivity contribution in [2.24, 2.45) is 0 Å². The van der Waals surface area contributed by atoms with Crippen LogP contribution in [0, 0.1) is 6.92 Å². The van der Waals surface area contributed by atoms with Gasteiger partial charge in [0.25, 0.3) is 0 Å². The maximum atomic E-state index is 12.8. The fraction of sp³-hybridized carbons (Fsp3) is 0.261. The SMILES string of the molecule is Cc1ccc2c(c1)NC(=O)Cc1cnc(Nc3ccc(S(=O)(=O)N4CCOCC4)cc3)nc1-2. The highest BCUT2D eigenvalue weighted by Crippen LogP contribution is 2.33. The van der Waals surface area contributed by atoms with E-state index in [0.717, 1.165) is 22.4 Å². The highest BCUT2D eigenvalue weighted by Gasteiger charge is 2.26. The number of aryl methyl sites for hydroxylation is 1. The van der Waals surface area contributed by atoms with Gasteiger partial charge in [-0.1, -0.05) is 12.1 Å². The largest absolute Gasteiger partial charge is 0.379 e. The number of hydrogen-bond acceptors (Lipinski definition) is 7. The molecule has 10 heteroatoms. The van der Waals surface area contributed by atoms with E-state index >= 15 is 0 Å². The van der Waals surface area contributed by atoms with Crippen LogP contribution in [-0.2, 0) is 26.0 Å². The molecule has 0 saturated carbocycles. The van der Waals surface area contributed by atoms with Crippen molar-refractivity contribution in [3.63, 3.8) is 0 Å². The average Bonchev–Trinajstić information content (AvgIpc) is 2.94. The topological polar surface area (TPSA) is 114 Å². The first-order valence-corrected chi connectivity index (χ1v) is 12.1. The third kappa shape index (κ3) is 4.32. The standard InChI is InChI=1S/C23H23N5O4S/c1-15-2-7-19-20(12-15)26-21(29)13-16-14-24-23(27-22(16)19)25-17-3-5-18(6-4-17)33(30,31)28-8-10-32-11-9-28/h2-7,12,14H,8-11,13H2,1H3,(H,26,29)(H,24,25,27). The van der Waals surface area contributed by atoms with E-state index in [2.05, 4.69) is 20.6 Å². The second-order valence-electron chi connectivity index (χ2n) is 8.01. The molecule has 0 spiro atoms. The van der Waals surface area contributed by atoms with Crippen LogP contribution in [0.1, 0.15) is 11.1 Å². The average molecular weight is 466 g/mol. The number of amides is 1. The Morgan fingerprint density at radius 3 is 2.61 bits per heavy atom. The number of carbonyl (C=O) groups is 1. The van der Waals surface area contributed by atoms with E-state index in [-0.39, 0.29) is 17.2 Å². The summed E-state index contributed by atoms with van der Waals surface area (Å²) in [6, 6.07) is 12.3. The van der Waals surface area contributed by atoms with Crippen molar-refractivity contribution in [2.45, 2.75) is 18.2 Å². The molecule has 33 heavy (non-hydrogen) atoms. The number of hydrogen-bond donors (Lipinski definition) is 2. The van der Waals surface area contributed by atoms with Crippen LogP contribution < -0.4 is 10.6 Å². The smallest absolute Gasteiger partial charge is 0.243 e. The zero-order chi connectivity index (χ0) is 23.0. The molecule has 2 N–H and O–H groups in total. The van der Waals surface area contributed by atoms with Crippen molar-refractivity contribution in [2.75, 3.05) is 36.9 Å². The molecule has 2 aromatic carbocycles. The molecule has 0 bridgehead atoms. The van der Waals surface area contributed by atoms with E-state index in [9.17, 15) is 13.2 Å². The minimum Gasteiger partial charge on any atom is -0.379 e. The number of nitrogens with one attached hydrogen (secondary N) is 2. The predicted molar refractivity (Wildman–Crippen MR) is 124 cm³/mol. The summed E-state index contributed by atoms with van der Waals surface area (Å²) >= 11 is 0. The van der Waals surface area contributed by atoms with E-state index in [4.69, 9.17) is 4.74 Å². The second-order valence-corrected chi connectivity index (χ2v) is 9.95. The number of nitrogens with zero attached hydrogens (tertiary/aromatic N) is 3. The van der Waals surface area contributed by atoms with Gasteiger partial charge in [0.1, 0.15) is 0 Å². The Morgan fingerprint density at radius 1 is 1.09 bits per heavy atom. The summed E-state index contributed by atoms with van der Waals surface area (Å²) in [6.07, 6.45) is 1.84. The number of carbonyl (C=O) groups excluding carboxylic acids is 1. The number of anilines is 3. The molecule has 170 valence electrons. The van der Waals surface area contributed by atoms with Gasteiger partial charge >= 0.3 is 0 Å². The first-order chi connectivity index (χ1) is 15.9. The van der Waals surface area contributed by atoms with Gasteiger partial charge in [-0.15, -0.1) is 0 Å². The quantitative estimate of drug-likeness (QED) is 0.609. The van der Waals surface area contributed by atoms with Gasteiger partial charge < -0.3 is 15.4 Å². The Hall–Kier alpha value is -3.34. The number of sulfonamides is 1. The van der Waals surface area contributed by atoms with Gasteiger partial charge in [-0.05, 0) is 42.8 Å². The van der Waals surface area contributed by atoms with Gasteiger partial charge in [-0.2, -0.15) is 4.31 Å². The number of fused-ring (bicyclic) bond motifs is 3. The molecule has 2 aliphatic heterocycles. The normalized spacial score (nSPS) is 16.3. The van der Waals surface area contributed by atoms with Crippen LogP contribution in [0.2, 0.25) is 0 Å². The molecular weight excluding hydrogens is 442 g/mol. The summed E-state index contributed by atoms with van der Waals surface area (Å²) in [5.41, 5.74) is 4.68. The zero-order valence-corrected chi connectivity index (χ0v) is 18.9. The Bertz CT molecular complexity index is 1320.